The number of benzene rings is 1. The molecule has 0 atom stereocenters. The minimum absolute atomic E-state index is 0.393. The van der Waals surface area contributed by atoms with Crippen LogP contribution in [-0.2, 0) is 6.54 Å². The number of nitrogens with zero attached hydrogens (tertiary/aromatic N) is 3. The van der Waals surface area contributed by atoms with Gasteiger partial charge >= 0.3 is 0 Å². The topological polar surface area (TPSA) is 66.0 Å². The van der Waals surface area contributed by atoms with Crippen molar-refractivity contribution in [3.63, 3.8) is 0 Å². The molecule has 5 nitrogen and oxygen atoms in total. The molecule has 0 saturated carbocycles. The highest BCUT2D eigenvalue weighted by atomic mass is 16.5. The summed E-state index contributed by atoms with van der Waals surface area (Å²) in [5.74, 6) is 0.777. The molecular weight excluding hydrogens is 192 g/mol. The van der Waals surface area contributed by atoms with Gasteiger partial charge in [0, 0.05) is 12.6 Å². The second kappa shape index (κ2) is 4.10. The largest absolute Gasteiger partial charge is 0.497 e. The molecule has 0 bridgehead atoms. The molecule has 0 aliphatic rings. The summed E-state index contributed by atoms with van der Waals surface area (Å²) in [6, 6.07) is 7.53. The molecule has 0 amide bonds. The van der Waals surface area contributed by atoms with Gasteiger partial charge in [-0.25, -0.2) is 0 Å². The second-order valence-electron chi connectivity index (χ2n) is 3.03. The Morgan fingerprint density at radius 1 is 1.47 bits per heavy atom. The van der Waals surface area contributed by atoms with Gasteiger partial charge in [0.2, 0.25) is 0 Å². The van der Waals surface area contributed by atoms with Crippen molar-refractivity contribution < 1.29 is 4.74 Å². The third kappa shape index (κ3) is 1.97. The molecular formula is C10H12N4O. The summed E-state index contributed by atoms with van der Waals surface area (Å²) in [6.45, 7) is 0.393. The quantitative estimate of drug-likeness (QED) is 0.800. The average Bonchev–Trinajstić information content (AvgIpc) is 2.78. The zero-order valence-corrected chi connectivity index (χ0v) is 8.42. The van der Waals surface area contributed by atoms with E-state index in [1.807, 2.05) is 24.3 Å². The Balaban J connectivity index is 2.35. The second-order valence-corrected chi connectivity index (χ2v) is 3.03. The zero-order chi connectivity index (χ0) is 10.7. The summed E-state index contributed by atoms with van der Waals surface area (Å²) in [6.07, 6.45) is 1.65. The first-order valence-corrected chi connectivity index (χ1v) is 4.59. The lowest BCUT2D eigenvalue weighted by Crippen LogP contribution is -2.01. The number of aromatic nitrogens is 3. The number of rotatable bonds is 3. The highest BCUT2D eigenvalue weighted by Crippen LogP contribution is 2.14. The van der Waals surface area contributed by atoms with Gasteiger partial charge < -0.3 is 10.5 Å². The average molecular weight is 204 g/mol. The van der Waals surface area contributed by atoms with Crippen molar-refractivity contribution in [3.05, 3.63) is 36.2 Å². The summed E-state index contributed by atoms with van der Waals surface area (Å²) in [4.78, 5) is 1.53. The van der Waals surface area contributed by atoms with E-state index in [9.17, 15) is 0 Å². The molecule has 0 unspecified atom stereocenters. The molecule has 0 aliphatic heterocycles. The number of ether oxygens (including phenoxy) is 1. The highest BCUT2D eigenvalue weighted by Gasteiger charge is 2.02. The van der Waals surface area contributed by atoms with Crippen LogP contribution >= 0.6 is 0 Å². The van der Waals surface area contributed by atoms with Crippen LogP contribution in [0.1, 0.15) is 5.69 Å². The lowest BCUT2D eigenvalue weighted by Gasteiger charge is -2.02. The first-order valence-electron chi connectivity index (χ1n) is 4.59. The Hall–Kier alpha value is -1.88. The molecule has 5 heteroatoms. The molecule has 0 aliphatic carbocycles. The van der Waals surface area contributed by atoms with E-state index in [2.05, 4.69) is 10.2 Å². The van der Waals surface area contributed by atoms with Crippen LogP contribution < -0.4 is 10.5 Å². The molecule has 1 aromatic carbocycles. The van der Waals surface area contributed by atoms with Crippen LogP contribution in [0.2, 0.25) is 0 Å². The molecule has 78 valence electrons. The van der Waals surface area contributed by atoms with E-state index in [4.69, 9.17) is 10.5 Å². The maximum Gasteiger partial charge on any atom is 0.121 e. The van der Waals surface area contributed by atoms with E-state index in [0.29, 0.717) is 6.54 Å². The van der Waals surface area contributed by atoms with Crippen LogP contribution in [0.3, 0.4) is 0 Å². The normalized spacial score (nSPS) is 10.3. The zero-order valence-electron chi connectivity index (χ0n) is 8.42. The predicted molar refractivity (Wildman–Crippen MR) is 55.8 cm³/mol. The summed E-state index contributed by atoms with van der Waals surface area (Å²) < 4.78 is 5.12. The Kier molecular flexibility index (Phi) is 2.64. The molecule has 1 aromatic heterocycles. The van der Waals surface area contributed by atoms with Crippen molar-refractivity contribution in [2.45, 2.75) is 6.54 Å². The van der Waals surface area contributed by atoms with Gasteiger partial charge in [-0.2, -0.15) is 15.0 Å². The first-order chi connectivity index (χ1) is 7.33. The number of hydrogen-bond acceptors (Lipinski definition) is 4. The van der Waals surface area contributed by atoms with Crippen LogP contribution in [0, 0.1) is 0 Å². The number of methoxy groups -OCH3 is 1. The van der Waals surface area contributed by atoms with Crippen LogP contribution in [0.15, 0.2) is 30.5 Å². The summed E-state index contributed by atoms with van der Waals surface area (Å²) in [7, 11) is 1.63. The standard InChI is InChI=1S/C10H12N4O/c1-15-10-4-2-3-9(5-10)14-12-7-8(6-11)13-14/h2-5,7H,6,11H2,1H3. The number of nitrogens with two attached hydrogens (primary N) is 1. The Bertz CT molecular complexity index is 452. The molecule has 0 radical (unpaired) electrons. The van der Waals surface area contributed by atoms with E-state index < -0.39 is 0 Å². The van der Waals surface area contributed by atoms with Gasteiger partial charge in [-0.1, -0.05) is 6.07 Å². The van der Waals surface area contributed by atoms with Gasteiger partial charge in [-0.05, 0) is 12.1 Å². The first kappa shape index (κ1) is 9.67. The summed E-state index contributed by atoms with van der Waals surface area (Å²) in [5.41, 5.74) is 7.07. The summed E-state index contributed by atoms with van der Waals surface area (Å²) >= 11 is 0. The predicted octanol–water partition coefficient (Wildman–Crippen LogP) is 0.735. The van der Waals surface area contributed by atoms with E-state index in [-0.39, 0.29) is 0 Å². The van der Waals surface area contributed by atoms with Crippen LogP contribution in [0.5, 0.6) is 5.75 Å². The summed E-state index contributed by atoms with van der Waals surface area (Å²) in [5, 5.41) is 8.30. The maximum absolute atomic E-state index is 5.46. The van der Waals surface area contributed by atoms with E-state index in [1.165, 1.54) is 4.80 Å². The van der Waals surface area contributed by atoms with Crippen molar-refractivity contribution in [3.8, 4) is 11.4 Å². The van der Waals surface area contributed by atoms with Crippen LogP contribution in [-0.4, -0.2) is 22.1 Å². The third-order valence-corrected chi connectivity index (χ3v) is 2.03. The van der Waals surface area contributed by atoms with Crippen LogP contribution in [0.25, 0.3) is 5.69 Å². The smallest absolute Gasteiger partial charge is 0.121 e. The molecule has 2 N–H and O–H groups in total. The third-order valence-electron chi connectivity index (χ3n) is 2.03. The van der Waals surface area contributed by atoms with E-state index >= 15 is 0 Å². The molecule has 1 heterocycles. The number of hydrogen-bond donors (Lipinski definition) is 1. The highest BCUT2D eigenvalue weighted by molar-refractivity contribution is 5.37. The van der Waals surface area contributed by atoms with E-state index in [0.717, 1.165) is 17.1 Å². The maximum atomic E-state index is 5.46. The van der Waals surface area contributed by atoms with Crippen molar-refractivity contribution in [1.29, 1.82) is 0 Å². The lowest BCUT2D eigenvalue weighted by atomic mass is 10.3. The Morgan fingerprint density at radius 2 is 2.33 bits per heavy atom. The molecule has 0 spiro atoms. The van der Waals surface area contributed by atoms with Gasteiger partial charge in [0.15, 0.2) is 0 Å². The van der Waals surface area contributed by atoms with Gasteiger partial charge in [0.05, 0.1) is 24.7 Å². The molecule has 0 fully saturated rings. The van der Waals surface area contributed by atoms with Gasteiger partial charge in [0.25, 0.3) is 0 Å². The monoisotopic (exact) mass is 204 g/mol. The fraction of sp³-hybridized carbons (Fsp3) is 0.200. The minimum Gasteiger partial charge on any atom is -0.497 e. The fourth-order valence-corrected chi connectivity index (χ4v) is 1.25. The van der Waals surface area contributed by atoms with Gasteiger partial charge in [-0.15, -0.1) is 0 Å². The lowest BCUT2D eigenvalue weighted by molar-refractivity contribution is 0.414. The van der Waals surface area contributed by atoms with E-state index in [1.54, 1.807) is 13.3 Å². The Morgan fingerprint density at radius 3 is 3.00 bits per heavy atom. The molecule has 0 saturated heterocycles. The SMILES string of the molecule is COc1cccc(-n2ncc(CN)n2)c1. The van der Waals surface area contributed by atoms with Gasteiger partial charge in [-0.3, -0.25) is 0 Å². The van der Waals surface area contributed by atoms with Crippen molar-refractivity contribution in [2.24, 2.45) is 5.73 Å². The molecule has 15 heavy (non-hydrogen) atoms. The molecule has 2 aromatic rings. The van der Waals surface area contributed by atoms with Crippen molar-refractivity contribution in [1.82, 2.24) is 15.0 Å². The molecule has 2 rings (SSSR count). The van der Waals surface area contributed by atoms with Crippen LogP contribution in [0.4, 0.5) is 0 Å². The fourth-order valence-electron chi connectivity index (χ4n) is 1.25. The van der Waals surface area contributed by atoms with Gasteiger partial charge in [0.1, 0.15) is 5.75 Å². The minimum atomic E-state index is 0.393. The van der Waals surface area contributed by atoms with Crippen molar-refractivity contribution >= 4 is 0 Å². The van der Waals surface area contributed by atoms with Crippen molar-refractivity contribution in [2.75, 3.05) is 7.11 Å². The Labute approximate surface area is 87.5 Å².